The number of aryl methyl sites for hydroxylation is 2. The van der Waals surface area contributed by atoms with Gasteiger partial charge in [0.1, 0.15) is 5.82 Å². The van der Waals surface area contributed by atoms with E-state index in [0.717, 1.165) is 30.2 Å². The van der Waals surface area contributed by atoms with Crippen LogP contribution in [0.1, 0.15) is 16.3 Å². The molecule has 0 atom stereocenters. The van der Waals surface area contributed by atoms with Crippen molar-refractivity contribution >= 4 is 33.1 Å². The van der Waals surface area contributed by atoms with Crippen LogP contribution in [0.2, 0.25) is 0 Å². The fraction of sp³-hybridized carbons (Fsp3) is 0.333. The number of rotatable bonds is 4. The normalized spacial score (nSPS) is 10.5. The lowest BCUT2D eigenvalue weighted by molar-refractivity contribution is 0.989. The van der Waals surface area contributed by atoms with Crippen molar-refractivity contribution in [2.24, 2.45) is 0 Å². The Morgan fingerprint density at radius 1 is 1.29 bits per heavy atom. The van der Waals surface area contributed by atoms with Crippen molar-refractivity contribution in [3.63, 3.8) is 0 Å². The second-order valence-corrected chi connectivity index (χ2v) is 6.36. The van der Waals surface area contributed by atoms with Crippen LogP contribution in [0, 0.1) is 13.8 Å². The Labute approximate surface area is 113 Å². The van der Waals surface area contributed by atoms with Crippen molar-refractivity contribution in [3.05, 3.63) is 38.4 Å². The molecule has 5 heteroatoms. The Bertz CT molecular complexity index is 510. The van der Waals surface area contributed by atoms with Crippen LogP contribution in [0.5, 0.6) is 0 Å². The van der Waals surface area contributed by atoms with Gasteiger partial charge in [-0.25, -0.2) is 4.98 Å². The van der Waals surface area contributed by atoms with Crippen molar-refractivity contribution in [2.75, 3.05) is 11.9 Å². The molecule has 0 unspecified atom stereocenters. The van der Waals surface area contributed by atoms with E-state index in [2.05, 4.69) is 43.3 Å². The highest BCUT2D eigenvalue weighted by Crippen LogP contribution is 2.22. The summed E-state index contributed by atoms with van der Waals surface area (Å²) >= 11 is 5.23. The van der Waals surface area contributed by atoms with Crippen molar-refractivity contribution < 1.29 is 0 Å². The van der Waals surface area contributed by atoms with E-state index in [1.807, 2.05) is 13.8 Å². The fourth-order valence-corrected chi connectivity index (χ4v) is 2.91. The number of aromatic nitrogens is 2. The van der Waals surface area contributed by atoms with Gasteiger partial charge in [0.15, 0.2) is 0 Å². The van der Waals surface area contributed by atoms with Gasteiger partial charge in [0.05, 0.1) is 21.4 Å². The van der Waals surface area contributed by atoms with Gasteiger partial charge in [-0.1, -0.05) is 0 Å². The van der Waals surface area contributed by atoms with Crippen LogP contribution in [-0.2, 0) is 6.42 Å². The van der Waals surface area contributed by atoms with E-state index in [9.17, 15) is 0 Å². The molecule has 0 aromatic carbocycles. The number of anilines is 1. The molecule has 90 valence electrons. The van der Waals surface area contributed by atoms with Gasteiger partial charge in [-0.15, -0.1) is 11.3 Å². The maximum Gasteiger partial charge on any atom is 0.144 e. The number of nitrogens with one attached hydrogen (secondary N) is 1. The Morgan fingerprint density at radius 3 is 2.76 bits per heavy atom. The fourth-order valence-electron chi connectivity index (χ4n) is 1.43. The van der Waals surface area contributed by atoms with Gasteiger partial charge in [-0.2, -0.15) is 0 Å². The molecular formula is C12H14BrN3S. The van der Waals surface area contributed by atoms with Crippen molar-refractivity contribution in [1.29, 1.82) is 0 Å². The van der Waals surface area contributed by atoms with Crippen molar-refractivity contribution in [1.82, 2.24) is 9.97 Å². The van der Waals surface area contributed by atoms with E-state index in [1.165, 1.54) is 8.66 Å². The summed E-state index contributed by atoms with van der Waals surface area (Å²) in [6, 6.07) is 4.22. The minimum absolute atomic E-state index is 0.851. The molecule has 1 N–H and O–H groups in total. The van der Waals surface area contributed by atoms with Gasteiger partial charge in [0, 0.05) is 11.4 Å². The lowest BCUT2D eigenvalue weighted by atomic mass is 10.3. The van der Waals surface area contributed by atoms with Gasteiger partial charge in [-0.3, -0.25) is 4.98 Å². The van der Waals surface area contributed by atoms with E-state index in [0.29, 0.717) is 0 Å². The monoisotopic (exact) mass is 311 g/mol. The zero-order chi connectivity index (χ0) is 12.3. The van der Waals surface area contributed by atoms with Crippen LogP contribution >= 0.6 is 27.3 Å². The molecule has 3 nitrogen and oxygen atoms in total. The lowest BCUT2D eigenvalue weighted by Gasteiger charge is -2.06. The largest absolute Gasteiger partial charge is 0.368 e. The Kier molecular flexibility index (Phi) is 4.12. The van der Waals surface area contributed by atoms with Crippen LogP contribution in [0.3, 0.4) is 0 Å². The summed E-state index contributed by atoms with van der Waals surface area (Å²) in [7, 11) is 0. The highest BCUT2D eigenvalue weighted by Gasteiger charge is 2.00. The minimum atomic E-state index is 0.851. The highest BCUT2D eigenvalue weighted by atomic mass is 79.9. The zero-order valence-corrected chi connectivity index (χ0v) is 12.2. The summed E-state index contributed by atoms with van der Waals surface area (Å²) in [6.45, 7) is 4.82. The molecule has 0 aliphatic carbocycles. The van der Waals surface area contributed by atoms with Gasteiger partial charge in [0.25, 0.3) is 0 Å². The Hall–Kier alpha value is -0.940. The van der Waals surface area contributed by atoms with Crippen LogP contribution in [0.25, 0.3) is 0 Å². The third-order valence-corrected chi connectivity index (χ3v) is 4.18. The van der Waals surface area contributed by atoms with E-state index in [-0.39, 0.29) is 0 Å². The predicted molar refractivity (Wildman–Crippen MR) is 75.7 cm³/mol. The second kappa shape index (κ2) is 5.60. The molecule has 0 aliphatic heterocycles. The molecule has 0 bridgehead atoms. The topological polar surface area (TPSA) is 37.8 Å². The van der Waals surface area contributed by atoms with Crippen molar-refractivity contribution in [3.8, 4) is 0 Å². The lowest BCUT2D eigenvalue weighted by Crippen LogP contribution is -2.07. The number of thiophene rings is 1. The first-order chi connectivity index (χ1) is 8.15. The number of nitrogens with zero attached hydrogens (tertiary/aromatic N) is 2. The molecule has 0 fully saturated rings. The molecule has 2 rings (SSSR count). The summed E-state index contributed by atoms with van der Waals surface area (Å²) in [5.74, 6) is 0.851. The van der Waals surface area contributed by atoms with Crippen molar-refractivity contribution in [2.45, 2.75) is 20.3 Å². The molecule has 0 amide bonds. The van der Waals surface area contributed by atoms with Crippen LogP contribution in [-0.4, -0.2) is 16.5 Å². The summed E-state index contributed by atoms with van der Waals surface area (Å²) in [5.41, 5.74) is 1.96. The SMILES string of the molecule is Cc1ncc(NCCc2ccc(Br)s2)nc1C. The molecule has 0 saturated heterocycles. The quantitative estimate of drug-likeness (QED) is 0.938. The first-order valence-corrected chi connectivity index (χ1v) is 7.04. The van der Waals surface area contributed by atoms with Gasteiger partial charge < -0.3 is 5.32 Å². The average molecular weight is 312 g/mol. The zero-order valence-electron chi connectivity index (χ0n) is 9.83. The molecule has 0 saturated carbocycles. The van der Waals surface area contributed by atoms with E-state index in [1.54, 1.807) is 17.5 Å². The molecule has 2 heterocycles. The summed E-state index contributed by atoms with van der Waals surface area (Å²) in [5, 5.41) is 3.29. The maximum atomic E-state index is 4.43. The number of hydrogen-bond acceptors (Lipinski definition) is 4. The summed E-state index contributed by atoms with van der Waals surface area (Å²) in [4.78, 5) is 10.1. The number of hydrogen-bond donors (Lipinski definition) is 1. The standard InChI is InChI=1S/C12H14BrN3S/c1-8-9(2)16-12(7-15-8)14-6-5-10-3-4-11(13)17-10/h3-4,7H,5-6H2,1-2H3,(H,14,16). The third-order valence-electron chi connectivity index (χ3n) is 2.50. The predicted octanol–water partition coefficient (Wildman–Crippen LogP) is 3.57. The first kappa shape index (κ1) is 12.5. The van der Waals surface area contributed by atoms with E-state index >= 15 is 0 Å². The molecule has 17 heavy (non-hydrogen) atoms. The van der Waals surface area contributed by atoms with Gasteiger partial charge in [0.2, 0.25) is 0 Å². The number of halogens is 1. The Balaban J connectivity index is 1.87. The van der Waals surface area contributed by atoms with Crippen LogP contribution in [0.15, 0.2) is 22.1 Å². The Morgan fingerprint density at radius 2 is 2.12 bits per heavy atom. The van der Waals surface area contributed by atoms with Crippen LogP contribution in [0.4, 0.5) is 5.82 Å². The second-order valence-electron chi connectivity index (χ2n) is 3.81. The first-order valence-electron chi connectivity index (χ1n) is 5.43. The van der Waals surface area contributed by atoms with Crippen LogP contribution < -0.4 is 5.32 Å². The summed E-state index contributed by atoms with van der Waals surface area (Å²) < 4.78 is 1.18. The molecule has 0 aliphatic rings. The molecule has 0 radical (unpaired) electrons. The molecule has 0 spiro atoms. The smallest absolute Gasteiger partial charge is 0.144 e. The van der Waals surface area contributed by atoms with Gasteiger partial charge >= 0.3 is 0 Å². The molecule has 2 aromatic rings. The highest BCUT2D eigenvalue weighted by molar-refractivity contribution is 9.11. The van der Waals surface area contributed by atoms with E-state index < -0.39 is 0 Å². The minimum Gasteiger partial charge on any atom is -0.368 e. The maximum absolute atomic E-state index is 4.43. The van der Waals surface area contributed by atoms with E-state index in [4.69, 9.17) is 0 Å². The summed E-state index contributed by atoms with van der Waals surface area (Å²) in [6.07, 6.45) is 2.79. The molecular weight excluding hydrogens is 298 g/mol. The third kappa shape index (κ3) is 3.51. The van der Waals surface area contributed by atoms with Gasteiger partial charge in [-0.05, 0) is 48.3 Å². The average Bonchev–Trinajstić information content (AvgIpc) is 2.70. The molecule has 2 aromatic heterocycles.